The zero-order valence-corrected chi connectivity index (χ0v) is 10.8. The van der Waals surface area contributed by atoms with Crippen molar-refractivity contribution in [2.75, 3.05) is 12.8 Å². The van der Waals surface area contributed by atoms with Gasteiger partial charge in [0.25, 0.3) is 0 Å². The molecule has 1 aromatic carbocycles. The van der Waals surface area contributed by atoms with Crippen molar-refractivity contribution in [1.29, 1.82) is 0 Å². The van der Waals surface area contributed by atoms with Crippen LogP contribution in [0.3, 0.4) is 0 Å². The molecule has 4 heteroatoms. The van der Waals surface area contributed by atoms with Gasteiger partial charge in [0.2, 0.25) is 0 Å². The molecule has 0 amide bonds. The van der Waals surface area contributed by atoms with E-state index in [0.717, 1.165) is 12.0 Å². The van der Waals surface area contributed by atoms with Gasteiger partial charge in [-0.15, -0.1) is 0 Å². The van der Waals surface area contributed by atoms with Crippen LogP contribution in [0.5, 0.6) is 0 Å². The molecule has 1 aromatic rings. The van der Waals surface area contributed by atoms with Crippen LogP contribution >= 0.6 is 0 Å². The maximum Gasteiger partial charge on any atom is 0.175 e. The summed E-state index contributed by atoms with van der Waals surface area (Å²) in [6, 6.07) is 5.30. The number of hydrogen-bond donors (Lipinski definition) is 1. The van der Waals surface area contributed by atoms with Crippen LogP contribution < -0.4 is 5.73 Å². The third-order valence-corrected chi connectivity index (χ3v) is 3.91. The van der Waals surface area contributed by atoms with Crippen molar-refractivity contribution >= 4 is 9.84 Å². The van der Waals surface area contributed by atoms with Crippen molar-refractivity contribution in [3.63, 3.8) is 0 Å². The van der Waals surface area contributed by atoms with E-state index in [9.17, 15) is 8.42 Å². The first-order valence-electron chi connectivity index (χ1n) is 5.37. The standard InChI is InChI=1S/C12H19NO2S/c1-9(6-7-13)12-5-4-11(8-10(12)2)16(3,14)15/h4-5,8-9H,6-7,13H2,1-3H3. The number of rotatable bonds is 4. The SMILES string of the molecule is Cc1cc(S(C)(=O)=O)ccc1C(C)CCN. The number of benzene rings is 1. The maximum atomic E-state index is 11.4. The molecule has 0 heterocycles. The highest BCUT2D eigenvalue weighted by Gasteiger charge is 2.12. The van der Waals surface area contributed by atoms with Crippen LogP contribution in [0.4, 0.5) is 0 Å². The van der Waals surface area contributed by atoms with Crippen LogP contribution in [0.1, 0.15) is 30.4 Å². The largest absolute Gasteiger partial charge is 0.330 e. The van der Waals surface area contributed by atoms with Crippen LogP contribution in [0.2, 0.25) is 0 Å². The van der Waals surface area contributed by atoms with Crippen LogP contribution in [-0.4, -0.2) is 21.2 Å². The molecule has 1 rings (SSSR count). The first kappa shape index (κ1) is 13.2. The summed E-state index contributed by atoms with van der Waals surface area (Å²) in [7, 11) is -3.10. The van der Waals surface area contributed by atoms with Crippen LogP contribution in [0.25, 0.3) is 0 Å². The second-order valence-corrected chi connectivity index (χ2v) is 6.28. The van der Waals surface area contributed by atoms with E-state index in [1.54, 1.807) is 12.1 Å². The molecule has 0 aliphatic carbocycles. The van der Waals surface area contributed by atoms with Crippen LogP contribution in [0, 0.1) is 6.92 Å². The molecule has 0 aromatic heterocycles. The van der Waals surface area contributed by atoms with Crippen LogP contribution in [0.15, 0.2) is 23.1 Å². The number of sulfone groups is 1. The lowest BCUT2D eigenvalue weighted by atomic mass is 9.94. The highest BCUT2D eigenvalue weighted by atomic mass is 32.2. The molecule has 0 saturated heterocycles. The predicted molar refractivity (Wildman–Crippen MR) is 66.4 cm³/mol. The van der Waals surface area contributed by atoms with Gasteiger partial charge in [-0.2, -0.15) is 0 Å². The Labute approximate surface area is 97.6 Å². The zero-order chi connectivity index (χ0) is 12.3. The van der Waals surface area contributed by atoms with Gasteiger partial charge in [-0.3, -0.25) is 0 Å². The van der Waals surface area contributed by atoms with E-state index in [0.29, 0.717) is 17.4 Å². The lowest BCUT2D eigenvalue weighted by molar-refractivity contribution is 0.601. The summed E-state index contributed by atoms with van der Waals surface area (Å²) in [6.45, 7) is 4.70. The van der Waals surface area contributed by atoms with Crippen LogP contribution in [-0.2, 0) is 9.84 Å². The summed E-state index contributed by atoms with van der Waals surface area (Å²) in [6.07, 6.45) is 2.14. The molecule has 0 aliphatic heterocycles. The molecule has 16 heavy (non-hydrogen) atoms. The molecule has 0 fully saturated rings. The Morgan fingerprint density at radius 3 is 2.44 bits per heavy atom. The summed E-state index contributed by atoms with van der Waals surface area (Å²) in [5, 5.41) is 0. The number of nitrogens with two attached hydrogens (primary N) is 1. The minimum absolute atomic E-state index is 0.374. The molecule has 0 saturated carbocycles. The summed E-state index contributed by atoms with van der Waals surface area (Å²) in [5.74, 6) is 0.374. The highest BCUT2D eigenvalue weighted by molar-refractivity contribution is 7.90. The lowest BCUT2D eigenvalue weighted by Crippen LogP contribution is -2.06. The smallest absolute Gasteiger partial charge is 0.175 e. The van der Waals surface area contributed by atoms with Gasteiger partial charge in [0, 0.05) is 6.26 Å². The fraction of sp³-hybridized carbons (Fsp3) is 0.500. The average Bonchev–Trinajstić information content (AvgIpc) is 2.16. The summed E-state index contributed by atoms with van der Waals surface area (Å²) < 4.78 is 22.7. The maximum absolute atomic E-state index is 11.4. The molecule has 90 valence electrons. The molecule has 0 aliphatic rings. The Balaban J connectivity index is 3.10. The van der Waals surface area contributed by atoms with E-state index >= 15 is 0 Å². The number of hydrogen-bond acceptors (Lipinski definition) is 3. The van der Waals surface area contributed by atoms with Gasteiger partial charge in [-0.1, -0.05) is 13.0 Å². The van der Waals surface area contributed by atoms with Gasteiger partial charge in [0.1, 0.15) is 0 Å². The van der Waals surface area contributed by atoms with Crippen molar-refractivity contribution < 1.29 is 8.42 Å². The predicted octanol–water partition coefficient (Wildman–Crippen LogP) is 1.85. The third kappa shape index (κ3) is 3.06. The van der Waals surface area contributed by atoms with E-state index < -0.39 is 9.84 Å². The Bertz CT molecular complexity index is 466. The van der Waals surface area contributed by atoms with E-state index in [4.69, 9.17) is 5.73 Å². The summed E-state index contributed by atoms with van der Waals surface area (Å²) >= 11 is 0. The Kier molecular flexibility index (Phi) is 4.10. The van der Waals surface area contributed by atoms with Crippen molar-refractivity contribution in [2.24, 2.45) is 5.73 Å². The fourth-order valence-corrected chi connectivity index (χ4v) is 2.54. The van der Waals surface area contributed by atoms with Crippen molar-refractivity contribution in [1.82, 2.24) is 0 Å². The number of aryl methyl sites for hydroxylation is 1. The Morgan fingerprint density at radius 2 is 2.00 bits per heavy atom. The topological polar surface area (TPSA) is 60.2 Å². The minimum Gasteiger partial charge on any atom is -0.330 e. The average molecular weight is 241 g/mol. The first-order chi connectivity index (χ1) is 7.36. The van der Waals surface area contributed by atoms with Gasteiger partial charge in [-0.25, -0.2) is 8.42 Å². The van der Waals surface area contributed by atoms with E-state index in [2.05, 4.69) is 6.92 Å². The molecule has 1 unspecified atom stereocenters. The van der Waals surface area contributed by atoms with Gasteiger partial charge in [0.05, 0.1) is 4.90 Å². The second-order valence-electron chi connectivity index (χ2n) is 4.27. The monoisotopic (exact) mass is 241 g/mol. The van der Waals surface area contributed by atoms with Crippen molar-refractivity contribution in [3.05, 3.63) is 29.3 Å². The van der Waals surface area contributed by atoms with E-state index in [1.807, 2.05) is 13.0 Å². The molecular weight excluding hydrogens is 222 g/mol. The summed E-state index contributed by atoms with van der Waals surface area (Å²) in [4.78, 5) is 0.383. The van der Waals surface area contributed by atoms with Gasteiger partial charge < -0.3 is 5.73 Å². The van der Waals surface area contributed by atoms with Crippen molar-refractivity contribution in [3.8, 4) is 0 Å². The molecular formula is C12H19NO2S. The normalized spacial score (nSPS) is 13.8. The highest BCUT2D eigenvalue weighted by Crippen LogP contribution is 2.24. The fourth-order valence-electron chi connectivity index (χ4n) is 1.84. The van der Waals surface area contributed by atoms with E-state index in [-0.39, 0.29) is 0 Å². The third-order valence-electron chi connectivity index (χ3n) is 2.80. The molecule has 2 N–H and O–H groups in total. The Morgan fingerprint density at radius 1 is 1.38 bits per heavy atom. The minimum atomic E-state index is -3.10. The second kappa shape index (κ2) is 4.97. The molecule has 3 nitrogen and oxygen atoms in total. The van der Waals surface area contributed by atoms with Gasteiger partial charge in [-0.05, 0) is 49.1 Å². The molecule has 0 radical (unpaired) electrons. The lowest BCUT2D eigenvalue weighted by Gasteiger charge is -2.14. The molecule has 1 atom stereocenters. The van der Waals surface area contributed by atoms with Crippen molar-refractivity contribution in [2.45, 2.75) is 31.1 Å². The van der Waals surface area contributed by atoms with Gasteiger partial charge in [0.15, 0.2) is 9.84 Å². The zero-order valence-electron chi connectivity index (χ0n) is 10.0. The quantitative estimate of drug-likeness (QED) is 0.875. The summed E-state index contributed by atoms with van der Waals surface area (Å²) in [5.41, 5.74) is 7.72. The molecule has 0 spiro atoms. The van der Waals surface area contributed by atoms with E-state index in [1.165, 1.54) is 11.8 Å². The first-order valence-corrected chi connectivity index (χ1v) is 7.26. The molecule has 0 bridgehead atoms. The van der Waals surface area contributed by atoms with Gasteiger partial charge >= 0.3 is 0 Å². The Hall–Kier alpha value is -0.870.